The molecule has 0 aromatic heterocycles. The number of rotatable bonds is 3. The van der Waals surface area contributed by atoms with E-state index in [2.05, 4.69) is 31.0 Å². The first kappa shape index (κ1) is 13.1. The van der Waals surface area contributed by atoms with E-state index >= 15 is 0 Å². The maximum Gasteiger partial charge on any atom is 0.0995 e. The number of benzene rings is 1. The molecule has 0 saturated heterocycles. The van der Waals surface area contributed by atoms with Gasteiger partial charge < -0.3 is 0 Å². The molecule has 1 fully saturated rings. The lowest BCUT2D eigenvalue weighted by atomic mass is 9.86. The Labute approximate surface area is 110 Å². The summed E-state index contributed by atoms with van der Waals surface area (Å²) >= 11 is 0. The summed E-state index contributed by atoms with van der Waals surface area (Å²) in [6.07, 6.45) is 5.28. The zero-order valence-corrected chi connectivity index (χ0v) is 11.4. The van der Waals surface area contributed by atoms with Crippen molar-refractivity contribution < 1.29 is 0 Å². The van der Waals surface area contributed by atoms with Crippen LogP contribution < -0.4 is 0 Å². The molecular weight excluding hydrogens is 220 g/mol. The van der Waals surface area contributed by atoms with Crippen LogP contribution in [0.15, 0.2) is 24.3 Å². The largest absolute Gasteiger partial charge is 0.299 e. The van der Waals surface area contributed by atoms with Crippen LogP contribution in [0.4, 0.5) is 0 Å². The Morgan fingerprint density at radius 2 is 1.89 bits per heavy atom. The van der Waals surface area contributed by atoms with Gasteiger partial charge >= 0.3 is 0 Å². The van der Waals surface area contributed by atoms with E-state index in [0.717, 1.165) is 23.6 Å². The summed E-state index contributed by atoms with van der Waals surface area (Å²) in [7, 11) is 2.19. The Bertz CT molecular complexity index is 425. The van der Waals surface area contributed by atoms with Gasteiger partial charge in [0.1, 0.15) is 0 Å². The van der Waals surface area contributed by atoms with Crippen molar-refractivity contribution in [2.24, 2.45) is 5.92 Å². The van der Waals surface area contributed by atoms with E-state index in [1.54, 1.807) is 0 Å². The Kier molecular flexibility index (Phi) is 4.38. The van der Waals surface area contributed by atoms with Crippen molar-refractivity contribution >= 4 is 0 Å². The van der Waals surface area contributed by atoms with Gasteiger partial charge in [-0.3, -0.25) is 4.90 Å². The van der Waals surface area contributed by atoms with E-state index in [-0.39, 0.29) is 0 Å². The minimum absolute atomic E-state index is 0.688. The van der Waals surface area contributed by atoms with Crippen LogP contribution >= 0.6 is 0 Å². The van der Waals surface area contributed by atoms with Crippen molar-refractivity contribution in [2.45, 2.75) is 45.2 Å². The zero-order chi connectivity index (χ0) is 13.0. The Balaban J connectivity index is 1.99. The molecule has 0 aliphatic heterocycles. The van der Waals surface area contributed by atoms with Crippen molar-refractivity contribution in [2.75, 3.05) is 7.05 Å². The summed E-state index contributed by atoms with van der Waals surface area (Å²) < 4.78 is 0. The average molecular weight is 242 g/mol. The van der Waals surface area contributed by atoms with Crippen LogP contribution in [-0.2, 0) is 6.54 Å². The minimum atomic E-state index is 0.688. The van der Waals surface area contributed by atoms with Gasteiger partial charge in [-0.05, 0) is 50.3 Å². The quantitative estimate of drug-likeness (QED) is 0.810. The van der Waals surface area contributed by atoms with Crippen molar-refractivity contribution in [1.82, 2.24) is 4.90 Å². The third-order valence-electron chi connectivity index (χ3n) is 4.17. The third-order valence-corrected chi connectivity index (χ3v) is 4.17. The first-order valence-electron chi connectivity index (χ1n) is 6.89. The topological polar surface area (TPSA) is 27.0 Å². The molecule has 0 N–H and O–H groups in total. The molecule has 0 bridgehead atoms. The molecule has 0 radical (unpaired) electrons. The van der Waals surface area contributed by atoms with E-state index in [1.807, 2.05) is 18.2 Å². The number of nitrogens with zero attached hydrogens (tertiary/aromatic N) is 2. The molecule has 2 rings (SSSR count). The molecule has 2 nitrogen and oxygen atoms in total. The highest BCUT2D eigenvalue weighted by molar-refractivity contribution is 5.37. The van der Waals surface area contributed by atoms with E-state index in [0.29, 0.717) is 6.04 Å². The first-order valence-corrected chi connectivity index (χ1v) is 6.89. The average Bonchev–Trinajstić information content (AvgIpc) is 2.40. The molecule has 1 aliphatic carbocycles. The Hall–Kier alpha value is -1.33. The van der Waals surface area contributed by atoms with Crippen LogP contribution in [0.3, 0.4) is 0 Å². The lowest BCUT2D eigenvalue weighted by Crippen LogP contribution is -2.34. The maximum absolute atomic E-state index is 9.11. The van der Waals surface area contributed by atoms with Gasteiger partial charge in [0.25, 0.3) is 0 Å². The SMILES string of the molecule is CC1CCC(N(C)Cc2ccccc2C#N)CC1. The lowest BCUT2D eigenvalue weighted by molar-refractivity contribution is 0.164. The predicted molar refractivity (Wildman–Crippen MR) is 74.0 cm³/mol. The molecule has 1 aromatic rings. The number of hydrogen-bond donors (Lipinski definition) is 0. The summed E-state index contributed by atoms with van der Waals surface area (Å²) in [5, 5.41) is 9.11. The van der Waals surface area contributed by atoms with Gasteiger partial charge in [-0.2, -0.15) is 5.26 Å². The molecule has 0 spiro atoms. The standard InChI is InChI=1S/C16H22N2/c1-13-7-9-16(10-8-13)18(2)12-15-6-4-3-5-14(15)11-17/h3-6,13,16H,7-10,12H2,1-2H3. The molecule has 1 aliphatic rings. The molecule has 1 aromatic carbocycles. The van der Waals surface area contributed by atoms with Crippen molar-refractivity contribution in [1.29, 1.82) is 5.26 Å². The van der Waals surface area contributed by atoms with Crippen LogP contribution in [0.5, 0.6) is 0 Å². The van der Waals surface area contributed by atoms with E-state index < -0.39 is 0 Å². The second-order valence-corrected chi connectivity index (χ2v) is 5.60. The van der Waals surface area contributed by atoms with Gasteiger partial charge in [-0.1, -0.05) is 25.1 Å². The highest BCUT2D eigenvalue weighted by Crippen LogP contribution is 2.27. The van der Waals surface area contributed by atoms with Gasteiger partial charge in [-0.15, -0.1) is 0 Å². The molecule has 96 valence electrons. The van der Waals surface area contributed by atoms with Crippen LogP contribution in [0.1, 0.15) is 43.7 Å². The Morgan fingerprint density at radius 3 is 2.56 bits per heavy atom. The van der Waals surface area contributed by atoms with Crippen LogP contribution in [0, 0.1) is 17.2 Å². The molecule has 1 saturated carbocycles. The van der Waals surface area contributed by atoms with Crippen LogP contribution in [0.2, 0.25) is 0 Å². The smallest absolute Gasteiger partial charge is 0.0995 e. The van der Waals surface area contributed by atoms with Gasteiger partial charge in [-0.25, -0.2) is 0 Å². The summed E-state index contributed by atoms with van der Waals surface area (Å²) in [6.45, 7) is 3.24. The summed E-state index contributed by atoms with van der Waals surface area (Å²) in [6, 6.07) is 10.9. The lowest BCUT2D eigenvalue weighted by Gasteiger charge is -2.33. The first-order chi connectivity index (χ1) is 8.70. The van der Waals surface area contributed by atoms with Crippen molar-refractivity contribution in [3.05, 3.63) is 35.4 Å². The van der Waals surface area contributed by atoms with Crippen LogP contribution in [-0.4, -0.2) is 18.0 Å². The molecule has 0 heterocycles. The highest BCUT2D eigenvalue weighted by atomic mass is 15.1. The third kappa shape index (κ3) is 3.11. The minimum Gasteiger partial charge on any atom is -0.299 e. The summed E-state index contributed by atoms with van der Waals surface area (Å²) in [4.78, 5) is 2.42. The van der Waals surface area contributed by atoms with Crippen LogP contribution in [0.25, 0.3) is 0 Å². The highest BCUT2D eigenvalue weighted by Gasteiger charge is 2.21. The zero-order valence-electron chi connectivity index (χ0n) is 11.4. The predicted octanol–water partition coefficient (Wildman–Crippen LogP) is 3.57. The molecule has 0 unspecified atom stereocenters. The maximum atomic E-state index is 9.11. The van der Waals surface area contributed by atoms with Crippen molar-refractivity contribution in [3.8, 4) is 6.07 Å². The summed E-state index contributed by atoms with van der Waals surface area (Å²) in [5.74, 6) is 0.890. The molecular formula is C16H22N2. The molecule has 0 atom stereocenters. The number of hydrogen-bond acceptors (Lipinski definition) is 2. The van der Waals surface area contributed by atoms with Gasteiger partial charge in [0.15, 0.2) is 0 Å². The van der Waals surface area contributed by atoms with Crippen molar-refractivity contribution in [3.63, 3.8) is 0 Å². The Morgan fingerprint density at radius 1 is 1.22 bits per heavy atom. The summed E-state index contributed by atoms with van der Waals surface area (Å²) in [5.41, 5.74) is 1.97. The van der Waals surface area contributed by atoms with E-state index in [4.69, 9.17) is 5.26 Å². The fourth-order valence-corrected chi connectivity index (χ4v) is 2.85. The number of nitriles is 1. The fourth-order valence-electron chi connectivity index (χ4n) is 2.85. The second kappa shape index (κ2) is 6.02. The molecule has 18 heavy (non-hydrogen) atoms. The van der Waals surface area contributed by atoms with Gasteiger partial charge in [0.2, 0.25) is 0 Å². The monoisotopic (exact) mass is 242 g/mol. The van der Waals surface area contributed by atoms with E-state index in [9.17, 15) is 0 Å². The van der Waals surface area contributed by atoms with Gasteiger partial charge in [0, 0.05) is 12.6 Å². The molecule has 2 heteroatoms. The second-order valence-electron chi connectivity index (χ2n) is 5.60. The molecule has 0 amide bonds. The fraction of sp³-hybridized carbons (Fsp3) is 0.562. The van der Waals surface area contributed by atoms with Gasteiger partial charge in [0.05, 0.1) is 11.6 Å². The normalized spacial score (nSPS) is 23.9. The van der Waals surface area contributed by atoms with E-state index in [1.165, 1.54) is 25.7 Å².